The lowest BCUT2D eigenvalue weighted by Gasteiger charge is -2.23. The Morgan fingerprint density at radius 1 is 1.40 bits per heavy atom. The third-order valence-electron chi connectivity index (χ3n) is 4.50. The first-order chi connectivity index (χ1) is 9.65. The summed E-state index contributed by atoms with van der Waals surface area (Å²) in [4.78, 5) is 4.35. The standard InChI is InChI=1S/C15H26N4O/c1-12(2)16-9-14-17-11-19(18-14)10-13-5-8-15(20-13)6-3-4-7-15/h11-13,16H,3-10H2,1-2H3. The number of nitrogens with zero attached hydrogens (tertiary/aromatic N) is 3. The molecule has 1 atom stereocenters. The van der Waals surface area contributed by atoms with Gasteiger partial charge in [-0.05, 0) is 25.7 Å². The number of hydrogen-bond acceptors (Lipinski definition) is 4. The van der Waals surface area contributed by atoms with E-state index < -0.39 is 0 Å². The van der Waals surface area contributed by atoms with Crippen molar-refractivity contribution in [2.75, 3.05) is 0 Å². The van der Waals surface area contributed by atoms with Gasteiger partial charge in [0.05, 0.1) is 24.8 Å². The molecule has 20 heavy (non-hydrogen) atoms. The highest BCUT2D eigenvalue weighted by molar-refractivity contribution is 4.93. The second-order valence-corrected chi connectivity index (χ2v) is 6.59. The van der Waals surface area contributed by atoms with Crippen LogP contribution in [0.4, 0.5) is 0 Å². The SMILES string of the molecule is CC(C)NCc1ncn(CC2CCC3(CCCC3)O2)n1. The Balaban J connectivity index is 1.51. The molecule has 2 fully saturated rings. The smallest absolute Gasteiger partial charge is 0.164 e. The van der Waals surface area contributed by atoms with Crippen molar-refractivity contribution >= 4 is 0 Å². The van der Waals surface area contributed by atoms with Crippen LogP contribution in [0.5, 0.6) is 0 Å². The molecule has 2 aliphatic rings. The van der Waals surface area contributed by atoms with Crippen LogP contribution < -0.4 is 5.32 Å². The van der Waals surface area contributed by atoms with E-state index in [1.165, 1.54) is 38.5 Å². The first-order valence-corrected chi connectivity index (χ1v) is 7.95. The maximum atomic E-state index is 6.32. The molecule has 5 nitrogen and oxygen atoms in total. The Hall–Kier alpha value is -0.940. The lowest BCUT2D eigenvalue weighted by Crippen LogP contribution is -2.27. The van der Waals surface area contributed by atoms with Gasteiger partial charge in [0.2, 0.25) is 0 Å². The number of hydrogen-bond donors (Lipinski definition) is 1. The summed E-state index contributed by atoms with van der Waals surface area (Å²) in [6.45, 7) is 5.84. The zero-order valence-corrected chi connectivity index (χ0v) is 12.6. The summed E-state index contributed by atoms with van der Waals surface area (Å²) < 4.78 is 8.26. The van der Waals surface area contributed by atoms with E-state index in [9.17, 15) is 0 Å². The molecular formula is C15H26N4O. The fourth-order valence-corrected chi connectivity index (χ4v) is 3.42. The molecule has 1 N–H and O–H groups in total. The molecule has 0 aromatic carbocycles. The van der Waals surface area contributed by atoms with E-state index in [1.54, 1.807) is 0 Å². The van der Waals surface area contributed by atoms with Crippen LogP contribution >= 0.6 is 0 Å². The molecule has 5 heteroatoms. The quantitative estimate of drug-likeness (QED) is 0.897. The normalized spacial score (nSPS) is 25.1. The summed E-state index contributed by atoms with van der Waals surface area (Å²) in [7, 11) is 0. The van der Waals surface area contributed by atoms with Gasteiger partial charge in [-0.15, -0.1) is 0 Å². The first kappa shape index (κ1) is 14.0. The second kappa shape index (κ2) is 5.82. The molecule has 1 aromatic heterocycles. The van der Waals surface area contributed by atoms with Crippen LogP contribution in [0.25, 0.3) is 0 Å². The molecular weight excluding hydrogens is 252 g/mol. The van der Waals surface area contributed by atoms with Crippen LogP contribution in [0.3, 0.4) is 0 Å². The predicted octanol–water partition coefficient (Wildman–Crippen LogP) is 2.27. The van der Waals surface area contributed by atoms with Crippen molar-refractivity contribution in [2.45, 2.75) is 83.2 Å². The van der Waals surface area contributed by atoms with Gasteiger partial charge in [-0.25, -0.2) is 4.98 Å². The van der Waals surface area contributed by atoms with E-state index in [4.69, 9.17) is 4.74 Å². The molecule has 1 spiro atoms. The first-order valence-electron chi connectivity index (χ1n) is 7.95. The summed E-state index contributed by atoms with van der Waals surface area (Å²) in [6.07, 6.45) is 9.73. The highest BCUT2D eigenvalue weighted by Crippen LogP contribution is 2.43. The Kier molecular flexibility index (Phi) is 4.08. The molecule has 1 saturated carbocycles. The topological polar surface area (TPSA) is 52.0 Å². The molecule has 0 radical (unpaired) electrons. The van der Waals surface area contributed by atoms with E-state index in [-0.39, 0.29) is 5.60 Å². The summed E-state index contributed by atoms with van der Waals surface area (Å²) in [6, 6.07) is 0.461. The minimum atomic E-state index is 0.216. The van der Waals surface area contributed by atoms with Crippen molar-refractivity contribution in [1.82, 2.24) is 20.1 Å². The number of nitrogens with one attached hydrogen (secondary N) is 1. The van der Waals surface area contributed by atoms with Crippen molar-refractivity contribution in [3.8, 4) is 0 Å². The maximum Gasteiger partial charge on any atom is 0.164 e. The van der Waals surface area contributed by atoms with Gasteiger partial charge in [0.25, 0.3) is 0 Å². The fraction of sp³-hybridized carbons (Fsp3) is 0.867. The van der Waals surface area contributed by atoms with Gasteiger partial charge in [-0.1, -0.05) is 26.7 Å². The van der Waals surface area contributed by atoms with Gasteiger partial charge in [-0.3, -0.25) is 4.68 Å². The van der Waals surface area contributed by atoms with E-state index in [2.05, 4.69) is 29.2 Å². The average molecular weight is 278 g/mol. The molecule has 1 saturated heterocycles. The Bertz CT molecular complexity index is 437. The summed E-state index contributed by atoms with van der Waals surface area (Å²) in [5, 5.41) is 7.86. The van der Waals surface area contributed by atoms with E-state index in [0.717, 1.165) is 18.9 Å². The Morgan fingerprint density at radius 2 is 2.20 bits per heavy atom. The highest BCUT2D eigenvalue weighted by Gasteiger charge is 2.42. The molecule has 2 heterocycles. The summed E-state index contributed by atoms with van der Waals surface area (Å²) in [5.74, 6) is 0.868. The number of aromatic nitrogens is 3. The molecule has 1 unspecified atom stereocenters. The lowest BCUT2D eigenvalue weighted by molar-refractivity contribution is -0.0429. The molecule has 1 aliphatic carbocycles. The van der Waals surface area contributed by atoms with E-state index in [1.807, 2.05) is 11.0 Å². The minimum absolute atomic E-state index is 0.216. The van der Waals surface area contributed by atoms with Gasteiger partial charge in [-0.2, -0.15) is 5.10 Å². The van der Waals surface area contributed by atoms with Crippen LogP contribution in [0.1, 0.15) is 58.2 Å². The minimum Gasteiger partial charge on any atom is -0.370 e. The third-order valence-corrected chi connectivity index (χ3v) is 4.50. The molecule has 0 amide bonds. The largest absolute Gasteiger partial charge is 0.370 e. The Labute approximate surface area is 121 Å². The van der Waals surface area contributed by atoms with Gasteiger partial charge in [0.1, 0.15) is 6.33 Å². The van der Waals surface area contributed by atoms with Gasteiger partial charge in [0, 0.05) is 6.04 Å². The summed E-state index contributed by atoms with van der Waals surface area (Å²) >= 11 is 0. The van der Waals surface area contributed by atoms with Crippen molar-refractivity contribution in [1.29, 1.82) is 0 Å². The monoisotopic (exact) mass is 278 g/mol. The molecule has 3 rings (SSSR count). The van der Waals surface area contributed by atoms with Crippen molar-refractivity contribution < 1.29 is 4.74 Å². The van der Waals surface area contributed by atoms with Crippen LogP contribution in [0, 0.1) is 0 Å². The van der Waals surface area contributed by atoms with Crippen LogP contribution in [-0.4, -0.2) is 32.5 Å². The van der Waals surface area contributed by atoms with Gasteiger partial charge in [0.15, 0.2) is 5.82 Å². The number of rotatable bonds is 5. The average Bonchev–Trinajstić information content (AvgIpc) is 3.12. The zero-order chi connectivity index (χ0) is 14.0. The maximum absolute atomic E-state index is 6.32. The Morgan fingerprint density at radius 3 is 2.95 bits per heavy atom. The van der Waals surface area contributed by atoms with Crippen molar-refractivity contribution in [3.05, 3.63) is 12.2 Å². The lowest BCUT2D eigenvalue weighted by atomic mass is 9.98. The summed E-state index contributed by atoms with van der Waals surface area (Å²) in [5.41, 5.74) is 0.216. The van der Waals surface area contributed by atoms with Crippen molar-refractivity contribution in [3.63, 3.8) is 0 Å². The zero-order valence-electron chi connectivity index (χ0n) is 12.6. The van der Waals surface area contributed by atoms with Crippen LogP contribution in [-0.2, 0) is 17.8 Å². The number of ether oxygens (including phenoxy) is 1. The second-order valence-electron chi connectivity index (χ2n) is 6.59. The van der Waals surface area contributed by atoms with Gasteiger partial charge >= 0.3 is 0 Å². The molecule has 112 valence electrons. The van der Waals surface area contributed by atoms with Crippen molar-refractivity contribution in [2.24, 2.45) is 0 Å². The third kappa shape index (κ3) is 3.20. The fourth-order valence-electron chi connectivity index (χ4n) is 3.42. The molecule has 1 aliphatic heterocycles. The molecule has 0 bridgehead atoms. The predicted molar refractivity (Wildman–Crippen MR) is 77.3 cm³/mol. The molecule has 1 aromatic rings. The van der Waals surface area contributed by atoms with Gasteiger partial charge < -0.3 is 10.1 Å². The highest BCUT2D eigenvalue weighted by atomic mass is 16.5. The van der Waals surface area contributed by atoms with E-state index in [0.29, 0.717) is 12.1 Å². The van der Waals surface area contributed by atoms with Crippen LogP contribution in [0.15, 0.2) is 6.33 Å². The van der Waals surface area contributed by atoms with E-state index >= 15 is 0 Å². The van der Waals surface area contributed by atoms with Crippen LogP contribution in [0.2, 0.25) is 0 Å².